The molecule has 0 aliphatic rings. The maximum absolute atomic E-state index is 13.7. The van der Waals surface area contributed by atoms with E-state index in [0.717, 1.165) is 12.8 Å². The van der Waals surface area contributed by atoms with E-state index in [9.17, 15) is 9.50 Å². The van der Waals surface area contributed by atoms with E-state index in [0.29, 0.717) is 18.4 Å². The van der Waals surface area contributed by atoms with E-state index in [1.807, 2.05) is 18.2 Å². The van der Waals surface area contributed by atoms with Crippen LogP contribution in [0.3, 0.4) is 0 Å². The molecule has 0 spiro atoms. The zero-order valence-corrected chi connectivity index (χ0v) is 12.0. The van der Waals surface area contributed by atoms with Gasteiger partial charge in [0.15, 0.2) is 0 Å². The molecule has 2 aromatic carbocycles. The number of halogens is 2. The maximum atomic E-state index is 13.7. The van der Waals surface area contributed by atoms with Crippen molar-refractivity contribution in [3.63, 3.8) is 0 Å². The fourth-order valence-corrected chi connectivity index (χ4v) is 2.44. The third-order valence-electron chi connectivity index (χ3n) is 3.33. The molecule has 0 saturated heterocycles. The van der Waals surface area contributed by atoms with E-state index in [4.69, 9.17) is 11.6 Å². The molecule has 1 atom stereocenters. The summed E-state index contributed by atoms with van der Waals surface area (Å²) < 4.78 is 13.7. The molecule has 20 heavy (non-hydrogen) atoms. The van der Waals surface area contributed by atoms with Crippen LogP contribution >= 0.6 is 11.6 Å². The lowest BCUT2D eigenvalue weighted by molar-refractivity contribution is 0.161. The van der Waals surface area contributed by atoms with Gasteiger partial charge in [-0.25, -0.2) is 4.39 Å². The van der Waals surface area contributed by atoms with Crippen LogP contribution in [-0.4, -0.2) is 11.2 Å². The van der Waals surface area contributed by atoms with Crippen LogP contribution in [0.15, 0.2) is 48.5 Å². The molecule has 3 heteroatoms. The molecule has 0 radical (unpaired) electrons. The van der Waals surface area contributed by atoms with Gasteiger partial charge >= 0.3 is 0 Å². The molecule has 2 aromatic rings. The Labute approximate surface area is 124 Å². The number of rotatable bonds is 6. The van der Waals surface area contributed by atoms with Gasteiger partial charge in [-0.05, 0) is 36.5 Å². The van der Waals surface area contributed by atoms with Crippen molar-refractivity contribution in [2.75, 3.05) is 0 Å². The third kappa shape index (κ3) is 4.32. The van der Waals surface area contributed by atoms with Crippen LogP contribution in [0.5, 0.6) is 0 Å². The summed E-state index contributed by atoms with van der Waals surface area (Å²) in [6.07, 6.45) is 2.23. The fraction of sp³-hybridized carbons (Fsp3) is 0.294. The van der Waals surface area contributed by atoms with Crippen molar-refractivity contribution >= 4 is 11.6 Å². The average molecular weight is 293 g/mol. The van der Waals surface area contributed by atoms with Gasteiger partial charge in [-0.3, -0.25) is 0 Å². The van der Waals surface area contributed by atoms with E-state index in [1.165, 1.54) is 11.6 Å². The van der Waals surface area contributed by atoms with E-state index in [-0.39, 0.29) is 5.02 Å². The summed E-state index contributed by atoms with van der Waals surface area (Å²) in [5.74, 6) is -0.420. The SMILES string of the molecule is OC(CCCc1ccccc1)Cc1cccc(Cl)c1F. The summed E-state index contributed by atoms with van der Waals surface area (Å²) in [5.41, 5.74) is 1.73. The Morgan fingerprint density at radius 3 is 2.55 bits per heavy atom. The van der Waals surface area contributed by atoms with Crippen molar-refractivity contribution in [1.29, 1.82) is 0 Å². The molecule has 0 bridgehead atoms. The summed E-state index contributed by atoms with van der Waals surface area (Å²) in [6.45, 7) is 0. The molecular weight excluding hydrogens is 275 g/mol. The first-order chi connectivity index (χ1) is 9.66. The van der Waals surface area contributed by atoms with Gasteiger partial charge in [0.25, 0.3) is 0 Å². The Morgan fingerprint density at radius 2 is 1.80 bits per heavy atom. The second kappa shape index (κ2) is 7.41. The predicted octanol–water partition coefficient (Wildman–Crippen LogP) is 4.41. The first kappa shape index (κ1) is 15.0. The van der Waals surface area contributed by atoms with Crippen molar-refractivity contribution in [2.45, 2.75) is 31.8 Å². The first-order valence-corrected chi connectivity index (χ1v) is 7.19. The normalized spacial score (nSPS) is 12.3. The van der Waals surface area contributed by atoms with Crippen molar-refractivity contribution in [3.05, 3.63) is 70.5 Å². The number of aliphatic hydroxyl groups excluding tert-OH is 1. The van der Waals surface area contributed by atoms with E-state index in [1.54, 1.807) is 12.1 Å². The molecule has 1 unspecified atom stereocenters. The Kier molecular flexibility index (Phi) is 5.57. The molecule has 0 heterocycles. The number of benzene rings is 2. The monoisotopic (exact) mass is 292 g/mol. The minimum absolute atomic E-state index is 0.110. The first-order valence-electron chi connectivity index (χ1n) is 6.81. The molecule has 0 saturated carbocycles. The summed E-state index contributed by atoms with van der Waals surface area (Å²) in [6, 6.07) is 15.0. The number of hydrogen-bond donors (Lipinski definition) is 1. The number of hydrogen-bond acceptors (Lipinski definition) is 1. The van der Waals surface area contributed by atoms with Crippen LogP contribution in [-0.2, 0) is 12.8 Å². The molecule has 0 aliphatic carbocycles. The minimum Gasteiger partial charge on any atom is -0.393 e. The minimum atomic E-state index is -0.535. The fourth-order valence-electron chi connectivity index (χ4n) is 2.25. The number of aryl methyl sites for hydroxylation is 1. The Hall–Kier alpha value is -1.38. The average Bonchev–Trinajstić information content (AvgIpc) is 2.45. The van der Waals surface area contributed by atoms with Crippen molar-refractivity contribution in [3.8, 4) is 0 Å². The summed E-state index contributed by atoms with van der Waals surface area (Å²) in [7, 11) is 0. The highest BCUT2D eigenvalue weighted by Gasteiger charge is 2.11. The predicted molar refractivity (Wildman–Crippen MR) is 80.5 cm³/mol. The Bertz CT molecular complexity index is 542. The zero-order chi connectivity index (χ0) is 14.4. The highest BCUT2D eigenvalue weighted by atomic mass is 35.5. The van der Waals surface area contributed by atoms with Crippen LogP contribution in [0.4, 0.5) is 4.39 Å². The van der Waals surface area contributed by atoms with Crippen molar-refractivity contribution in [1.82, 2.24) is 0 Å². The molecule has 0 aliphatic heterocycles. The van der Waals surface area contributed by atoms with Gasteiger partial charge in [0, 0.05) is 6.42 Å². The molecule has 0 amide bonds. The van der Waals surface area contributed by atoms with Crippen LogP contribution in [0.25, 0.3) is 0 Å². The largest absolute Gasteiger partial charge is 0.393 e. The lowest BCUT2D eigenvalue weighted by Gasteiger charge is -2.11. The van der Waals surface area contributed by atoms with E-state index >= 15 is 0 Å². The molecular formula is C17H18ClFO. The van der Waals surface area contributed by atoms with Gasteiger partial charge in [-0.15, -0.1) is 0 Å². The lowest BCUT2D eigenvalue weighted by atomic mass is 10.0. The summed E-state index contributed by atoms with van der Waals surface area (Å²) in [5, 5.41) is 10.1. The molecule has 0 aromatic heterocycles. The smallest absolute Gasteiger partial charge is 0.145 e. The van der Waals surface area contributed by atoms with Gasteiger partial charge in [-0.1, -0.05) is 54.1 Å². The van der Waals surface area contributed by atoms with E-state index < -0.39 is 11.9 Å². The summed E-state index contributed by atoms with van der Waals surface area (Å²) in [4.78, 5) is 0. The van der Waals surface area contributed by atoms with Crippen LogP contribution in [0.2, 0.25) is 5.02 Å². The maximum Gasteiger partial charge on any atom is 0.145 e. The van der Waals surface area contributed by atoms with Gasteiger partial charge in [0.2, 0.25) is 0 Å². The van der Waals surface area contributed by atoms with Crippen molar-refractivity contribution < 1.29 is 9.50 Å². The van der Waals surface area contributed by atoms with Crippen LogP contribution < -0.4 is 0 Å². The lowest BCUT2D eigenvalue weighted by Crippen LogP contribution is -2.12. The molecule has 106 valence electrons. The van der Waals surface area contributed by atoms with Crippen LogP contribution in [0, 0.1) is 5.82 Å². The third-order valence-corrected chi connectivity index (χ3v) is 3.62. The van der Waals surface area contributed by atoms with E-state index in [2.05, 4.69) is 12.1 Å². The highest BCUT2D eigenvalue weighted by molar-refractivity contribution is 6.30. The summed E-state index contributed by atoms with van der Waals surface area (Å²) >= 11 is 5.73. The highest BCUT2D eigenvalue weighted by Crippen LogP contribution is 2.20. The quantitative estimate of drug-likeness (QED) is 0.836. The Morgan fingerprint density at radius 1 is 1.05 bits per heavy atom. The Balaban J connectivity index is 1.81. The molecule has 0 fully saturated rings. The zero-order valence-electron chi connectivity index (χ0n) is 11.2. The van der Waals surface area contributed by atoms with Crippen LogP contribution in [0.1, 0.15) is 24.0 Å². The molecule has 1 N–H and O–H groups in total. The van der Waals surface area contributed by atoms with Gasteiger partial charge in [0.1, 0.15) is 5.82 Å². The second-order valence-corrected chi connectivity index (χ2v) is 5.36. The number of aliphatic hydroxyl groups is 1. The molecule has 1 nitrogen and oxygen atoms in total. The van der Waals surface area contributed by atoms with Crippen molar-refractivity contribution in [2.24, 2.45) is 0 Å². The van der Waals surface area contributed by atoms with Gasteiger partial charge in [-0.2, -0.15) is 0 Å². The second-order valence-electron chi connectivity index (χ2n) is 4.95. The molecule has 2 rings (SSSR count). The standard InChI is InChI=1S/C17H18ClFO/c18-16-11-5-9-14(17(16)19)12-15(20)10-4-8-13-6-2-1-3-7-13/h1-3,5-7,9,11,15,20H,4,8,10,12H2. The van der Waals surface area contributed by atoms with Gasteiger partial charge in [0.05, 0.1) is 11.1 Å². The topological polar surface area (TPSA) is 20.2 Å². The van der Waals surface area contributed by atoms with Gasteiger partial charge < -0.3 is 5.11 Å².